The van der Waals surface area contributed by atoms with E-state index in [4.69, 9.17) is 10.00 Å². The van der Waals surface area contributed by atoms with Gasteiger partial charge in [-0.25, -0.2) is 9.59 Å². The van der Waals surface area contributed by atoms with Crippen LogP contribution >= 0.6 is 0 Å². The number of benzene rings is 2. The number of amides is 3. The molecule has 3 amide bonds. The van der Waals surface area contributed by atoms with E-state index in [9.17, 15) is 9.59 Å². The van der Waals surface area contributed by atoms with Crippen molar-refractivity contribution >= 4 is 23.5 Å². The van der Waals surface area contributed by atoms with Crippen LogP contribution in [0.1, 0.15) is 37.4 Å². The van der Waals surface area contributed by atoms with Crippen molar-refractivity contribution in [2.45, 2.75) is 31.9 Å². The number of ether oxygens (including phenoxy) is 2. The maximum Gasteiger partial charge on any atom is 0.411 e. The number of rotatable bonds is 3. The van der Waals surface area contributed by atoms with Crippen LogP contribution in [0.5, 0.6) is 5.75 Å². The Balaban J connectivity index is 1.81. The van der Waals surface area contributed by atoms with Crippen LogP contribution in [0.15, 0.2) is 42.5 Å². The summed E-state index contributed by atoms with van der Waals surface area (Å²) in [6, 6.07) is 13.2. The monoisotopic (exact) mass is 394 g/mol. The van der Waals surface area contributed by atoms with Crippen LogP contribution in [-0.2, 0) is 4.74 Å². The predicted octanol–water partition coefficient (Wildman–Crippen LogP) is 4.16. The van der Waals surface area contributed by atoms with E-state index in [0.29, 0.717) is 29.1 Å². The molecule has 1 aliphatic rings. The molecule has 0 saturated carbocycles. The fraction of sp³-hybridized carbons (Fsp3) is 0.286. The average Bonchev–Trinajstić information content (AvgIpc) is 2.67. The second kappa shape index (κ2) is 8.10. The van der Waals surface area contributed by atoms with E-state index in [1.165, 1.54) is 7.11 Å². The van der Waals surface area contributed by atoms with Crippen LogP contribution in [0.4, 0.5) is 21.0 Å². The SMILES string of the molecule is COC(=O)Nc1ccc2c(c1)C(NC(=O)Nc1cccc(C#N)c1)CC(C)(C)O2. The Labute approximate surface area is 168 Å². The fourth-order valence-corrected chi connectivity index (χ4v) is 3.22. The molecule has 8 heteroatoms. The number of fused-ring (bicyclic) bond motifs is 1. The number of hydrogen-bond donors (Lipinski definition) is 3. The number of carbonyl (C=O) groups is 2. The Bertz CT molecular complexity index is 981. The number of hydrogen-bond acceptors (Lipinski definition) is 5. The quantitative estimate of drug-likeness (QED) is 0.723. The Kier molecular flexibility index (Phi) is 5.59. The third-order valence-corrected chi connectivity index (χ3v) is 4.45. The highest BCUT2D eigenvalue weighted by molar-refractivity contribution is 5.90. The highest BCUT2D eigenvalue weighted by Gasteiger charge is 2.35. The van der Waals surface area contributed by atoms with Gasteiger partial charge in [-0.3, -0.25) is 5.32 Å². The predicted molar refractivity (Wildman–Crippen MR) is 108 cm³/mol. The standard InChI is InChI=1S/C21H22N4O4/c1-21(2)11-17(25-19(26)23-14-6-4-5-13(9-14)12-22)16-10-15(24-20(27)28-3)7-8-18(16)29-21/h4-10,17H,11H2,1-3H3,(H,24,27)(H2,23,25,26). The summed E-state index contributed by atoms with van der Waals surface area (Å²) >= 11 is 0. The van der Waals surface area contributed by atoms with Gasteiger partial charge < -0.3 is 20.1 Å². The van der Waals surface area contributed by atoms with E-state index in [1.54, 1.807) is 42.5 Å². The normalized spacial score (nSPS) is 16.4. The summed E-state index contributed by atoms with van der Waals surface area (Å²) in [5.74, 6) is 0.633. The van der Waals surface area contributed by atoms with Crippen molar-refractivity contribution in [2.24, 2.45) is 0 Å². The van der Waals surface area contributed by atoms with Crippen LogP contribution in [0.2, 0.25) is 0 Å². The number of methoxy groups -OCH3 is 1. The van der Waals surface area contributed by atoms with Crippen LogP contribution in [0.25, 0.3) is 0 Å². The van der Waals surface area contributed by atoms with Crippen molar-refractivity contribution in [3.8, 4) is 11.8 Å². The second-order valence-corrected chi connectivity index (χ2v) is 7.28. The maximum atomic E-state index is 12.6. The molecule has 3 rings (SSSR count). The Morgan fingerprint density at radius 1 is 1.17 bits per heavy atom. The molecule has 3 N–H and O–H groups in total. The highest BCUT2D eigenvalue weighted by Crippen LogP contribution is 2.40. The number of carbonyl (C=O) groups excluding carboxylic acids is 2. The van der Waals surface area contributed by atoms with Gasteiger partial charge in [0.2, 0.25) is 0 Å². The van der Waals surface area contributed by atoms with Crippen molar-refractivity contribution in [3.63, 3.8) is 0 Å². The molecule has 1 unspecified atom stereocenters. The van der Waals surface area contributed by atoms with E-state index in [1.807, 2.05) is 19.9 Å². The largest absolute Gasteiger partial charge is 0.487 e. The summed E-state index contributed by atoms with van der Waals surface area (Å²) in [6.07, 6.45) is -0.0468. The van der Waals surface area contributed by atoms with Crippen molar-refractivity contribution in [2.75, 3.05) is 17.7 Å². The van der Waals surface area contributed by atoms with Crippen molar-refractivity contribution in [1.29, 1.82) is 5.26 Å². The van der Waals surface area contributed by atoms with Crippen molar-refractivity contribution < 1.29 is 19.1 Å². The lowest BCUT2D eigenvalue weighted by Crippen LogP contribution is -2.42. The van der Waals surface area contributed by atoms with Gasteiger partial charge in [-0.2, -0.15) is 5.26 Å². The van der Waals surface area contributed by atoms with Crippen LogP contribution in [-0.4, -0.2) is 24.8 Å². The van der Waals surface area contributed by atoms with Crippen LogP contribution in [0, 0.1) is 11.3 Å². The van der Waals surface area contributed by atoms with Gasteiger partial charge in [0.25, 0.3) is 0 Å². The van der Waals surface area contributed by atoms with E-state index in [2.05, 4.69) is 20.7 Å². The lowest BCUT2D eigenvalue weighted by Gasteiger charge is -2.38. The maximum absolute atomic E-state index is 12.6. The van der Waals surface area contributed by atoms with E-state index in [0.717, 1.165) is 5.56 Å². The third-order valence-electron chi connectivity index (χ3n) is 4.45. The van der Waals surface area contributed by atoms with Gasteiger partial charge in [-0.05, 0) is 50.2 Å². The summed E-state index contributed by atoms with van der Waals surface area (Å²) in [4.78, 5) is 24.1. The molecule has 0 aromatic heterocycles. The Morgan fingerprint density at radius 2 is 1.93 bits per heavy atom. The molecule has 1 atom stereocenters. The molecule has 150 valence electrons. The number of nitrogens with zero attached hydrogens (tertiary/aromatic N) is 1. The van der Waals surface area contributed by atoms with Gasteiger partial charge in [0.05, 0.1) is 24.8 Å². The van der Waals surface area contributed by atoms with Gasteiger partial charge in [0.15, 0.2) is 0 Å². The van der Waals surface area contributed by atoms with Crippen molar-refractivity contribution in [1.82, 2.24) is 5.32 Å². The lowest BCUT2D eigenvalue weighted by atomic mass is 9.89. The van der Waals surface area contributed by atoms with Crippen LogP contribution in [0.3, 0.4) is 0 Å². The Hall–Kier alpha value is -3.73. The molecule has 1 heterocycles. The molecule has 0 fully saturated rings. The molecule has 0 spiro atoms. The first-order valence-corrected chi connectivity index (χ1v) is 9.05. The third kappa shape index (κ3) is 4.96. The molecule has 0 radical (unpaired) electrons. The van der Waals surface area contributed by atoms with Gasteiger partial charge >= 0.3 is 12.1 Å². The first-order valence-electron chi connectivity index (χ1n) is 9.05. The Morgan fingerprint density at radius 3 is 2.66 bits per heavy atom. The summed E-state index contributed by atoms with van der Waals surface area (Å²) in [7, 11) is 1.29. The van der Waals surface area contributed by atoms with E-state index >= 15 is 0 Å². The first-order chi connectivity index (χ1) is 13.8. The van der Waals surface area contributed by atoms with Crippen LogP contribution < -0.4 is 20.7 Å². The summed E-state index contributed by atoms with van der Waals surface area (Å²) in [5.41, 5.74) is 1.78. The average molecular weight is 394 g/mol. The molecular formula is C21H22N4O4. The molecule has 8 nitrogen and oxygen atoms in total. The van der Waals surface area contributed by atoms with E-state index in [-0.39, 0.29) is 6.04 Å². The summed E-state index contributed by atoms with van der Waals surface area (Å²) < 4.78 is 10.6. The number of anilines is 2. The number of urea groups is 1. The van der Waals surface area contributed by atoms with Gasteiger partial charge in [0.1, 0.15) is 11.4 Å². The zero-order chi connectivity index (χ0) is 21.0. The summed E-state index contributed by atoms with van der Waals surface area (Å²) in [5, 5.41) is 17.3. The molecule has 1 aliphatic heterocycles. The molecule has 0 aliphatic carbocycles. The highest BCUT2D eigenvalue weighted by atomic mass is 16.5. The molecular weight excluding hydrogens is 372 g/mol. The minimum Gasteiger partial charge on any atom is -0.487 e. The lowest BCUT2D eigenvalue weighted by molar-refractivity contribution is 0.0683. The number of nitriles is 1. The fourth-order valence-electron chi connectivity index (χ4n) is 3.22. The van der Waals surface area contributed by atoms with Gasteiger partial charge in [-0.15, -0.1) is 0 Å². The minimum atomic E-state index is -0.582. The first kappa shape index (κ1) is 20.0. The number of nitrogens with one attached hydrogen (secondary N) is 3. The minimum absolute atomic E-state index is 0.340. The molecule has 0 saturated heterocycles. The zero-order valence-corrected chi connectivity index (χ0v) is 16.4. The summed E-state index contributed by atoms with van der Waals surface area (Å²) in [6.45, 7) is 3.89. The van der Waals surface area contributed by atoms with E-state index < -0.39 is 17.7 Å². The zero-order valence-electron chi connectivity index (χ0n) is 16.4. The van der Waals surface area contributed by atoms with Crippen molar-refractivity contribution in [3.05, 3.63) is 53.6 Å². The van der Waals surface area contributed by atoms with Gasteiger partial charge in [-0.1, -0.05) is 6.07 Å². The smallest absolute Gasteiger partial charge is 0.411 e. The molecule has 0 bridgehead atoms. The molecule has 2 aromatic rings. The van der Waals surface area contributed by atoms with Gasteiger partial charge in [0, 0.05) is 23.4 Å². The molecule has 2 aromatic carbocycles. The second-order valence-electron chi connectivity index (χ2n) is 7.28. The topological polar surface area (TPSA) is 112 Å². The molecule has 29 heavy (non-hydrogen) atoms.